The summed E-state index contributed by atoms with van der Waals surface area (Å²) in [6, 6.07) is 7.09. The summed E-state index contributed by atoms with van der Waals surface area (Å²) in [4.78, 5) is 71.4. The number of benzene rings is 1. The SMILES string of the molecule is COc1cc(C(=O)NC2CC3(CCN(CC4CCN(c5cnc(C6CCC(=O)NC6=O)cc5C)CC4)CC3)C2)ccc1Nc1ncc2c(n1)N(C1CCCC1)CC(F)(F)C(=O)N2C. The zero-order chi connectivity index (χ0) is 44.0. The first-order valence-electron chi connectivity index (χ1n) is 22.6. The van der Waals surface area contributed by atoms with Crippen LogP contribution in [0.1, 0.15) is 105 Å². The number of carbonyl (C=O) groups is 4. The van der Waals surface area contributed by atoms with Crippen LogP contribution in [-0.4, -0.2) is 115 Å². The molecule has 0 radical (unpaired) electrons. The van der Waals surface area contributed by atoms with Gasteiger partial charge in [-0.15, -0.1) is 0 Å². The van der Waals surface area contributed by atoms with Crippen LogP contribution in [-0.2, 0) is 14.4 Å². The molecule has 0 bridgehead atoms. The van der Waals surface area contributed by atoms with Gasteiger partial charge >= 0.3 is 5.92 Å². The highest BCUT2D eigenvalue weighted by Crippen LogP contribution is 2.49. The summed E-state index contributed by atoms with van der Waals surface area (Å²) in [5.74, 6) is -4.36. The van der Waals surface area contributed by atoms with Gasteiger partial charge in [0.2, 0.25) is 17.8 Å². The Kier molecular flexibility index (Phi) is 11.7. The number of hydrogen-bond acceptors (Lipinski definition) is 12. The third-order valence-corrected chi connectivity index (χ3v) is 14.6. The zero-order valence-corrected chi connectivity index (χ0v) is 36.4. The second kappa shape index (κ2) is 17.3. The number of rotatable bonds is 10. The lowest BCUT2D eigenvalue weighted by Gasteiger charge is -2.52. The Balaban J connectivity index is 0.740. The minimum absolute atomic E-state index is 0.112. The molecule has 3 aromatic rings. The summed E-state index contributed by atoms with van der Waals surface area (Å²) in [7, 11) is 2.84. The Morgan fingerprint density at radius 1 is 0.952 bits per heavy atom. The second-order valence-electron chi connectivity index (χ2n) is 18.8. The van der Waals surface area contributed by atoms with Gasteiger partial charge in [0.25, 0.3) is 11.8 Å². The van der Waals surface area contributed by atoms with Crippen molar-refractivity contribution in [2.75, 3.05) is 73.4 Å². The summed E-state index contributed by atoms with van der Waals surface area (Å²) in [5, 5.41) is 8.83. The number of nitrogens with zero attached hydrogens (tertiary/aromatic N) is 7. The van der Waals surface area contributed by atoms with E-state index in [0.29, 0.717) is 35.8 Å². The Labute approximate surface area is 366 Å². The maximum Gasteiger partial charge on any atom is 0.342 e. The van der Waals surface area contributed by atoms with Crippen LogP contribution in [0.2, 0.25) is 0 Å². The summed E-state index contributed by atoms with van der Waals surface area (Å²) < 4.78 is 35.8. The standard InChI is InChI=1S/C46H58F2N10O5/c1-28-20-35(33-9-11-39(59)53-42(33)61)49-24-36(28)57-16-12-29(13-17-57)26-56-18-14-45(15-19-56)22-31(23-45)51-41(60)30-8-10-34(38(21-30)63-3)52-44-50-25-37-40(54-44)58(32-6-4-5-7-32)27-46(47,48)43(62)55(37)2/h8,10,20-21,24-25,29,31-33H,4-7,9,11-19,22-23,26-27H2,1-3H3,(H,51,60)(H,50,52,54)(H,53,59,61). The van der Waals surface area contributed by atoms with Gasteiger partial charge in [0, 0.05) is 50.7 Å². The molecular weight excluding hydrogens is 811 g/mol. The van der Waals surface area contributed by atoms with Gasteiger partial charge in [-0.2, -0.15) is 13.8 Å². The van der Waals surface area contributed by atoms with E-state index in [9.17, 15) is 19.2 Å². The fourth-order valence-corrected chi connectivity index (χ4v) is 10.9. The second-order valence-corrected chi connectivity index (χ2v) is 18.8. The number of aromatic nitrogens is 3. The molecule has 1 aromatic carbocycles. The van der Waals surface area contributed by atoms with Gasteiger partial charge in [0.05, 0.1) is 49.0 Å². The van der Waals surface area contributed by atoms with Crippen LogP contribution in [0.15, 0.2) is 36.7 Å². The summed E-state index contributed by atoms with van der Waals surface area (Å²) >= 11 is 0. The lowest BCUT2D eigenvalue weighted by atomic mass is 9.60. The molecule has 1 spiro atoms. The summed E-state index contributed by atoms with van der Waals surface area (Å²) in [5.41, 5.74) is 4.44. The quantitative estimate of drug-likeness (QED) is 0.213. The van der Waals surface area contributed by atoms with E-state index in [1.807, 2.05) is 12.3 Å². The van der Waals surface area contributed by atoms with Gasteiger partial charge in [0.1, 0.15) is 11.4 Å². The van der Waals surface area contributed by atoms with Gasteiger partial charge in [-0.3, -0.25) is 29.5 Å². The highest BCUT2D eigenvalue weighted by atomic mass is 19.3. The minimum atomic E-state index is -3.57. The van der Waals surface area contributed by atoms with E-state index in [0.717, 1.165) is 119 Å². The molecule has 6 aliphatic rings. The van der Waals surface area contributed by atoms with Crippen LogP contribution in [0, 0.1) is 18.3 Å². The molecule has 4 aliphatic heterocycles. The highest BCUT2D eigenvalue weighted by Gasteiger charge is 2.49. The van der Waals surface area contributed by atoms with Crippen molar-refractivity contribution in [2.24, 2.45) is 11.3 Å². The Morgan fingerprint density at radius 2 is 1.68 bits per heavy atom. The highest BCUT2D eigenvalue weighted by molar-refractivity contribution is 6.02. The van der Waals surface area contributed by atoms with E-state index in [-0.39, 0.29) is 58.6 Å². The third kappa shape index (κ3) is 8.77. The number of likely N-dealkylation sites (tertiary alicyclic amines) is 1. The van der Waals surface area contributed by atoms with E-state index >= 15 is 8.78 Å². The normalized spacial score (nSPS) is 23.3. The molecular formula is C46H58F2N10O5. The average molecular weight is 869 g/mol. The molecule has 2 aliphatic carbocycles. The van der Waals surface area contributed by atoms with Gasteiger partial charge in [-0.05, 0) is 119 Å². The van der Waals surface area contributed by atoms with Crippen LogP contribution >= 0.6 is 0 Å². The van der Waals surface area contributed by atoms with Gasteiger partial charge in [-0.25, -0.2) is 4.98 Å². The number of imide groups is 1. The van der Waals surface area contributed by atoms with Gasteiger partial charge < -0.3 is 35.0 Å². The van der Waals surface area contributed by atoms with Crippen LogP contribution in [0.4, 0.5) is 37.6 Å². The van der Waals surface area contributed by atoms with Crippen LogP contribution in [0.3, 0.4) is 0 Å². The molecule has 9 rings (SSSR count). The fraction of sp³-hybridized carbons (Fsp3) is 0.587. The minimum Gasteiger partial charge on any atom is -0.495 e. The number of carbonyl (C=O) groups excluding carboxylic acids is 4. The average Bonchev–Trinajstić information content (AvgIpc) is 3.79. The molecule has 2 saturated carbocycles. The number of amides is 4. The number of alkyl halides is 2. The predicted octanol–water partition coefficient (Wildman–Crippen LogP) is 5.70. The van der Waals surface area contributed by atoms with Gasteiger partial charge in [0.15, 0.2) is 5.82 Å². The maximum atomic E-state index is 15.1. The lowest BCUT2D eigenvalue weighted by molar-refractivity contribution is -0.140. The molecule has 4 amide bonds. The van der Waals surface area contributed by atoms with Crippen LogP contribution in [0.25, 0.3) is 0 Å². The van der Waals surface area contributed by atoms with Crippen LogP contribution in [0.5, 0.6) is 5.75 Å². The molecule has 1 atom stereocenters. The van der Waals surface area contributed by atoms with E-state index in [1.54, 1.807) is 23.1 Å². The van der Waals surface area contributed by atoms with Gasteiger partial charge in [-0.1, -0.05) is 12.8 Å². The number of halogens is 2. The molecule has 6 heterocycles. The zero-order valence-electron chi connectivity index (χ0n) is 36.4. The molecule has 63 heavy (non-hydrogen) atoms. The predicted molar refractivity (Wildman–Crippen MR) is 234 cm³/mol. The Bertz CT molecular complexity index is 2250. The van der Waals surface area contributed by atoms with Crippen molar-refractivity contribution in [3.8, 4) is 5.75 Å². The molecule has 336 valence electrons. The number of fused-ring (bicyclic) bond motifs is 1. The van der Waals surface area contributed by atoms with Crippen molar-refractivity contribution in [3.63, 3.8) is 0 Å². The van der Waals surface area contributed by atoms with Crippen LogP contribution < -0.4 is 35.4 Å². The Morgan fingerprint density at radius 3 is 2.38 bits per heavy atom. The van der Waals surface area contributed by atoms with Crippen molar-refractivity contribution in [1.82, 2.24) is 30.5 Å². The molecule has 5 fully saturated rings. The first kappa shape index (κ1) is 42.8. The number of pyridine rings is 1. The van der Waals surface area contributed by atoms with Crippen molar-refractivity contribution < 1.29 is 32.7 Å². The lowest BCUT2D eigenvalue weighted by Crippen LogP contribution is -2.55. The summed E-state index contributed by atoms with van der Waals surface area (Å²) in [6.45, 7) is 6.55. The number of piperidine rings is 3. The topological polar surface area (TPSA) is 165 Å². The largest absolute Gasteiger partial charge is 0.495 e. The van der Waals surface area contributed by atoms with Crippen molar-refractivity contribution in [1.29, 1.82) is 0 Å². The first-order chi connectivity index (χ1) is 30.3. The number of hydrogen-bond donors (Lipinski definition) is 3. The van der Waals surface area contributed by atoms with Crippen molar-refractivity contribution in [3.05, 3.63) is 53.5 Å². The molecule has 3 N–H and O–H groups in total. The molecule has 15 nitrogen and oxygen atoms in total. The number of anilines is 5. The van der Waals surface area contributed by atoms with Crippen molar-refractivity contribution in [2.45, 2.75) is 108 Å². The monoisotopic (exact) mass is 868 g/mol. The molecule has 2 aromatic heterocycles. The summed E-state index contributed by atoms with van der Waals surface area (Å²) in [6.07, 6.45) is 13.9. The fourth-order valence-electron chi connectivity index (χ4n) is 10.9. The number of nitrogens with one attached hydrogen (secondary N) is 3. The molecule has 17 heteroatoms. The number of ether oxygens (including phenoxy) is 1. The molecule has 3 saturated heterocycles. The van der Waals surface area contributed by atoms with E-state index in [2.05, 4.69) is 47.6 Å². The number of aryl methyl sites for hydroxylation is 1. The van der Waals surface area contributed by atoms with E-state index < -0.39 is 18.4 Å². The Hall–Kier alpha value is -5.45. The number of methoxy groups -OCH3 is 1. The third-order valence-electron chi connectivity index (χ3n) is 14.6. The molecule has 1 unspecified atom stereocenters. The first-order valence-corrected chi connectivity index (χ1v) is 22.6. The maximum absolute atomic E-state index is 15.1. The smallest absolute Gasteiger partial charge is 0.342 e. The van der Waals surface area contributed by atoms with E-state index in [4.69, 9.17) is 4.74 Å². The van der Waals surface area contributed by atoms with E-state index in [1.165, 1.54) is 20.4 Å². The van der Waals surface area contributed by atoms with Crippen molar-refractivity contribution >= 4 is 52.5 Å².